The van der Waals surface area contributed by atoms with E-state index in [1.54, 1.807) is 19.0 Å². The first-order valence-electron chi connectivity index (χ1n) is 10.8. The van der Waals surface area contributed by atoms with Gasteiger partial charge in [0, 0.05) is 50.7 Å². The van der Waals surface area contributed by atoms with E-state index in [-0.39, 0.29) is 17.9 Å². The van der Waals surface area contributed by atoms with E-state index in [0.29, 0.717) is 5.96 Å². The summed E-state index contributed by atoms with van der Waals surface area (Å²) in [5, 5.41) is 7.67. The van der Waals surface area contributed by atoms with Crippen molar-refractivity contribution >= 4 is 23.5 Å². The molecule has 0 aromatic heterocycles. The number of likely N-dealkylation sites (N-methyl/N-ethyl adjacent to an activating group) is 1. The van der Waals surface area contributed by atoms with Crippen LogP contribution in [0.2, 0.25) is 5.02 Å². The lowest BCUT2D eigenvalue weighted by atomic mass is 9.96. The summed E-state index contributed by atoms with van der Waals surface area (Å²) < 4.78 is 5.40. The Balaban J connectivity index is 1.53. The highest BCUT2D eigenvalue weighted by Crippen LogP contribution is 2.49. The molecule has 0 bridgehead atoms. The average molecular weight is 436 g/mol. The van der Waals surface area contributed by atoms with Gasteiger partial charge in [0.25, 0.3) is 0 Å². The monoisotopic (exact) mass is 435 g/mol. The number of carbonyl (C=O) groups excluding carboxylic acids is 1. The maximum atomic E-state index is 12.0. The Hall–Kier alpha value is -1.83. The largest absolute Gasteiger partial charge is 0.379 e. The van der Waals surface area contributed by atoms with E-state index < -0.39 is 0 Å². The minimum atomic E-state index is -0.0170. The van der Waals surface area contributed by atoms with Gasteiger partial charge in [0.2, 0.25) is 5.91 Å². The van der Waals surface area contributed by atoms with E-state index in [1.807, 2.05) is 18.2 Å². The number of rotatable bonds is 9. The van der Waals surface area contributed by atoms with Gasteiger partial charge in [0.05, 0.1) is 13.2 Å². The van der Waals surface area contributed by atoms with Gasteiger partial charge in [-0.15, -0.1) is 0 Å². The Morgan fingerprint density at radius 2 is 1.97 bits per heavy atom. The first-order valence-corrected chi connectivity index (χ1v) is 11.2. The summed E-state index contributed by atoms with van der Waals surface area (Å²) in [7, 11) is 3.49. The summed E-state index contributed by atoms with van der Waals surface area (Å²) in [5.74, 6) is 0.669. The summed E-state index contributed by atoms with van der Waals surface area (Å²) in [5.41, 5.74) is 1.25. The molecule has 1 heterocycles. The molecular weight excluding hydrogens is 402 g/mol. The van der Waals surface area contributed by atoms with Gasteiger partial charge in [0.1, 0.15) is 6.54 Å². The summed E-state index contributed by atoms with van der Waals surface area (Å²) in [6.07, 6.45) is 3.22. The molecule has 1 saturated carbocycles. The molecule has 1 aliphatic carbocycles. The molecule has 2 aliphatic rings. The molecule has 1 saturated heterocycles. The molecule has 3 rings (SSSR count). The molecule has 1 aliphatic heterocycles. The first-order chi connectivity index (χ1) is 14.5. The van der Waals surface area contributed by atoms with Crippen molar-refractivity contribution in [1.82, 2.24) is 20.4 Å². The SMILES string of the molecule is CN(C)C(=O)CN=C(NCCCN1CCOCC1)NCC1(c2ccccc2Cl)CC1. The number of guanidine groups is 1. The molecule has 7 nitrogen and oxygen atoms in total. The number of nitrogens with zero attached hydrogens (tertiary/aromatic N) is 3. The number of halogens is 1. The number of aliphatic imine (C=N–C) groups is 1. The molecular formula is C22H34ClN5O2. The van der Waals surface area contributed by atoms with Crippen molar-refractivity contribution in [2.24, 2.45) is 4.99 Å². The minimum Gasteiger partial charge on any atom is -0.379 e. The molecule has 1 aromatic carbocycles. The van der Waals surface area contributed by atoms with Gasteiger partial charge < -0.3 is 20.3 Å². The quantitative estimate of drug-likeness (QED) is 0.351. The topological polar surface area (TPSA) is 69.2 Å². The van der Waals surface area contributed by atoms with Gasteiger partial charge >= 0.3 is 0 Å². The molecule has 0 unspecified atom stereocenters. The highest BCUT2D eigenvalue weighted by Gasteiger charge is 2.45. The molecule has 0 spiro atoms. The number of nitrogens with one attached hydrogen (secondary N) is 2. The summed E-state index contributed by atoms with van der Waals surface area (Å²) in [6.45, 7) is 6.35. The van der Waals surface area contributed by atoms with Crippen LogP contribution in [-0.4, -0.2) is 88.2 Å². The van der Waals surface area contributed by atoms with Crippen molar-refractivity contribution in [3.05, 3.63) is 34.9 Å². The lowest BCUT2D eigenvalue weighted by molar-refractivity contribution is -0.127. The maximum Gasteiger partial charge on any atom is 0.243 e. The zero-order valence-electron chi connectivity index (χ0n) is 18.1. The van der Waals surface area contributed by atoms with Crippen LogP contribution in [0.25, 0.3) is 0 Å². The molecule has 166 valence electrons. The molecule has 2 N–H and O–H groups in total. The number of morpholine rings is 1. The lowest BCUT2D eigenvalue weighted by Crippen LogP contribution is -2.43. The van der Waals surface area contributed by atoms with Crippen molar-refractivity contribution in [2.45, 2.75) is 24.7 Å². The zero-order valence-corrected chi connectivity index (χ0v) is 18.9. The van der Waals surface area contributed by atoms with E-state index in [4.69, 9.17) is 16.3 Å². The number of hydrogen-bond donors (Lipinski definition) is 2. The van der Waals surface area contributed by atoms with Crippen LogP contribution < -0.4 is 10.6 Å². The minimum absolute atomic E-state index is 0.0170. The van der Waals surface area contributed by atoms with Crippen LogP contribution in [0, 0.1) is 0 Å². The van der Waals surface area contributed by atoms with Gasteiger partial charge in [-0.1, -0.05) is 29.8 Å². The molecule has 2 fully saturated rings. The Labute approximate surface area is 184 Å². The fourth-order valence-corrected chi connectivity index (χ4v) is 3.97. The molecule has 0 atom stereocenters. The van der Waals surface area contributed by atoms with Crippen LogP contribution in [0.3, 0.4) is 0 Å². The molecule has 1 amide bonds. The Bertz CT molecular complexity index is 730. The molecule has 8 heteroatoms. The van der Waals surface area contributed by atoms with Gasteiger partial charge in [-0.25, -0.2) is 4.99 Å². The zero-order chi connectivity index (χ0) is 21.4. The number of hydrogen-bond acceptors (Lipinski definition) is 4. The Morgan fingerprint density at radius 3 is 2.63 bits per heavy atom. The van der Waals surface area contributed by atoms with Crippen LogP contribution in [0.1, 0.15) is 24.8 Å². The van der Waals surface area contributed by atoms with Crippen molar-refractivity contribution in [3.63, 3.8) is 0 Å². The second-order valence-corrected chi connectivity index (χ2v) is 8.71. The highest BCUT2D eigenvalue weighted by atomic mass is 35.5. The van der Waals surface area contributed by atoms with Gasteiger partial charge in [0.15, 0.2) is 5.96 Å². The normalized spacial score (nSPS) is 18.7. The predicted molar refractivity (Wildman–Crippen MR) is 121 cm³/mol. The third-order valence-electron chi connectivity index (χ3n) is 5.81. The lowest BCUT2D eigenvalue weighted by Gasteiger charge is -2.26. The van der Waals surface area contributed by atoms with Crippen LogP contribution in [0.4, 0.5) is 0 Å². The van der Waals surface area contributed by atoms with Gasteiger partial charge in [-0.2, -0.15) is 0 Å². The number of ether oxygens (including phenoxy) is 1. The van der Waals surface area contributed by atoms with Crippen LogP contribution in [0.15, 0.2) is 29.3 Å². The molecule has 30 heavy (non-hydrogen) atoms. The fourth-order valence-electron chi connectivity index (χ4n) is 3.63. The summed E-state index contributed by atoms with van der Waals surface area (Å²) >= 11 is 6.44. The second-order valence-electron chi connectivity index (χ2n) is 8.30. The van der Waals surface area contributed by atoms with Crippen LogP contribution >= 0.6 is 11.6 Å². The van der Waals surface area contributed by atoms with E-state index in [9.17, 15) is 4.79 Å². The molecule has 0 radical (unpaired) electrons. The number of amides is 1. The van der Waals surface area contributed by atoms with Gasteiger partial charge in [-0.3, -0.25) is 9.69 Å². The standard InChI is InChI=1S/C22H34ClN5O2/c1-27(2)20(29)16-25-21(24-10-5-11-28-12-14-30-15-13-28)26-17-22(8-9-22)18-6-3-4-7-19(18)23/h3-4,6-7H,5,8-17H2,1-2H3,(H2,24,25,26). The average Bonchev–Trinajstić information content (AvgIpc) is 3.54. The van der Waals surface area contributed by atoms with E-state index in [0.717, 1.165) is 70.2 Å². The summed E-state index contributed by atoms with van der Waals surface area (Å²) in [6, 6.07) is 8.06. The maximum absolute atomic E-state index is 12.0. The predicted octanol–water partition coefficient (Wildman–Crippen LogP) is 1.72. The number of carbonyl (C=O) groups is 1. The third-order valence-corrected chi connectivity index (χ3v) is 6.14. The fraction of sp³-hybridized carbons (Fsp3) is 0.636. The molecule has 1 aromatic rings. The highest BCUT2D eigenvalue weighted by molar-refractivity contribution is 6.31. The Kier molecular flexibility index (Phi) is 8.36. The van der Waals surface area contributed by atoms with E-state index >= 15 is 0 Å². The van der Waals surface area contributed by atoms with Crippen LogP contribution in [-0.2, 0) is 14.9 Å². The first kappa shape index (κ1) is 22.8. The van der Waals surface area contributed by atoms with Crippen molar-refractivity contribution in [3.8, 4) is 0 Å². The van der Waals surface area contributed by atoms with Crippen molar-refractivity contribution < 1.29 is 9.53 Å². The van der Waals surface area contributed by atoms with Gasteiger partial charge in [-0.05, 0) is 37.4 Å². The third kappa shape index (κ3) is 6.59. The second kappa shape index (κ2) is 11.0. The number of benzene rings is 1. The Morgan fingerprint density at radius 1 is 1.23 bits per heavy atom. The van der Waals surface area contributed by atoms with Crippen LogP contribution in [0.5, 0.6) is 0 Å². The van der Waals surface area contributed by atoms with Crippen molar-refractivity contribution in [2.75, 3.05) is 66.6 Å². The van der Waals surface area contributed by atoms with E-state index in [1.165, 1.54) is 5.56 Å². The summed E-state index contributed by atoms with van der Waals surface area (Å²) in [4.78, 5) is 20.5. The smallest absolute Gasteiger partial charge is 0.243 e. The van der Waals surface area contributed by atoms with E-state index in [2.05, 4.69) is 26.6 Å². The van der Waals surface area contributed by atoms with Crippen molar-refractivity contribution in [1.29, 1.82) is 0 Å².